The quantitative estimate of drug-likeness (QED) is 0.615. The molecule has 1 aromatic rings. The van der Waals surface area contributed by atoms with Crippen LogP contribution in [0.15, 0.2) is 24.3 Å². The third-order valence-electron chi connectivity index (χ3n) is 2.53. The molecular weight excluding hydrogens is 266 g/mol. The summed E-state index contributed by atoms with van der Waals surface area (Å²) in [5.41, 5.74) is 0.393. The maximum absolute atomic E-state index is 12.9. The lowest BCUT2D eigenvalue weighted by atomic mass is 10.2. The maximum atomic E-state index is 12.9. The average Bonchev–Trinajstić information content (AvgIpc) is 2.44. The van der Waals surface area contributed by atoms with E-state index in [9.17, 15) is 18.4 Å². The number of hydrogen-bond donors (Lipinski definition) is 2. The van der Waals surface area contributed by atoms with E-state index in [2.05, 4.69) is 10.6 Å². The number of hydrogen-bond acceptors (Lipinski definition) is 2. The number of carbonyl (C=O) groups is 2. The average molecular weight is 282 g/mol. The summed E-state index contributed by atoms with van der Waals surface area (Å²) >= 11 is 0. The number of nitrogens with one attached hydrogen (secondary N) is 2. The first-order valence-electron chi connectivity index (χ1n) is 6.14. The van der Waals surface area contributed by atoms with Gasteiger partial charge in [-0.2, -0.15) is 0 Å². The molecule has 2 N–H and O–H groups in total. The fraction of sp³-hybridized carbons (Fsp3) is 0.286. The van der Waals surface area contributed by atoms with Gasteiger partial charge in [0, 0.05) is 26.1 Å². The number of amides is 2. The minimum atomic E-state index is -0.960. The van der Waals surface area contributed by atoms with Gasteiger partial charge in [0.1, 0.15) is 0 Å². The SMILES string of the molecule is CNC(=O)CCCNC(=O)/C=C/c1ccc(F)c(F)c1. The second-order valence-electron chi connectivity index (χ2n) is 4.07. The summed E-state index contributed by atoms with van der Waals surface area (Å²) < 4.78 is 25.6. The molecule has 0 aliphatic carbocycles. The van der Waals surface area contributed by atoms with Crippen molar-refractivity contribution in [2.24, 2.45) is 0 Å². The third kappa shape index (κ3) is 5.60. The third-order valence-corrected chi connectivity index (χ3v) is 2.53. The molecule has 0 aliphatic rings. The molecule has 4 nitrogen and oxygen atoms in total. The molecule has 0 aromatic heterocycles. The zero-order valence-corrected chi connectivity index (χ0v) is 11.1. The Bertz CT molecular complexity index is 516. The highest BCUT2D eigenvalue weighted by molar-refractivity contribution is 5.91. The van der Waals surface area contributed by atoms with Gasteiger partial charge >= 0.3 is 0 Å². The van der Waals surface area contributed by atoms with E-state index >= 15 is 0 Å². The van der Waals surface area contributed by atoms with Crippen LogP contribution in [0.5, 0.6) is 0 Å². The fourth-order valence-electron chi connectivity index (χ4n) is 1.43. The van der Waals surface area contributed by atoms with E-state index in [0.29, 0.717) is 24.9 Å². The van der Waals surface area contributed by atoms with E-state index in [1.807, 2.05) is 0 Å². The predicted molar refractivity (Wildman–Crippen MR) is 71.7 cm³/mol. The molecule has 0 saturated heterocycles. The molecule has 0 heterocycles. The topological polar surface area (TPSA) is 58.2 Å². The highest BCUT2D eigenvalue weighted by atomic mass is 19.2. The van der Waals surface area contributed by atoms with E-state index in [-0.39, 0.29) is 11.8 Å². The summed E-state index contributed by atoms with van der Waals surface area (Å²) in [6, 6.07) is 3.37. The zero-order chi connectivity index (χ0) is 15.0. The molecule has 0 unspecified atom stereocenters. The van der Waals surface area contributed by atoms with Crippen molar-refractivity contribution < 1.29 is 18.4 Å². The van der Waals surface area contributed by atoms with Crippen molar-refractivity contribution in [2.45, 2.75) is 12.8 Å². The van der Waals surface area contributed by atoms with Gasteiger partial charge in [-0.25, -0.2) is 8.78 Å². The molecule has 108 valence electrons. The molecule has 0 fully saturated rings. The highest BCUT2D eigenvalue weighted by Gasteiger charge is 2.01. The molecule has 2 amide bonds. The largest absolute Gasteiger partial charge is 0.359 e. The van der Waals surface area contributed by atoms with Gasteiger partial charge in [0.05, 0.1) is 0 Å². The highest BCUT2D eigenvalue weighted by Crippen LogP contribution is 2.09. The van der Waals surface area contributed by atoms with Gasteiger partial charge in [-0.05, 0) is 30.2 Å². The van der Waals surface area contributed by atoms with Crippen molar-refractivity contribution in [2.75, 3.05) is 13.6 Å². The Kier molecular flexibility index (Phi) is 6.36. The Morgan fingerprint density at radius 2 is 2.00 bits per heavy atom. The summed E-state index contributed by atoms with van der Waals surface area (Å²) in [4.78, 5) is 22.3. The lowest BCUT2D eigenvalue weighted by Gasteiger charge is -2.01. The molecule has 0 radical (unpaired) electrons. The van der Waals surface area contributed by atoms with Gasteiger partial charge in [0.15, 0.2) is 11.6 Å². The van der Waals surface area contributed by atoms with Gasteiger partial charge in [0.2, 0.25) is 11.8 Å². The molecule has 0 spiro atoms. The minimum absolute atomic E-state index is 0.0865. The van der Waals surface area contributed by atoms with Crippen molar-refractivity contribution in [1.29, 1.82) is 0 Å². The number of benzene rings is 1. The maximum Gasteiger partial charge on any atom is 0.243 e. The van der Waals surface area contributed by atoms with E-state index in [4.69, 9.17) is 0 Å². The van der Waals surface area contributed by atoms with E-state index in [0.717, 1.165) is 12.1 Å². The monoisotopic (exact) mass is 282 g/mol. The van der Waals surface area contributed by atoms with Crippen molar-refractivity contribution in [3.8, 4) is 0 Å². The zero-order valence-electron chi connectivity index (χ0n) is 11.1. The molecule has 1 aromatic carbocycles. The van der Waals surface area contributed by atoms with E-state index in [1.54, 1.807) is 7.05 Å². The summed E-state index contributed by atoms with van der Waals surface area (Å²) in [5.74, 6) is -2.33. The molecular formula is C14H16F2N2O2. The number of halogens is 2. The Morgan fingerprint density at radius 1 is 1.25 bits per heavy atom. The van der Waals surface area contributed by atoms with Crippen LogP contribution in [0.4, 0.5) is 8.78 Å². The van der Waals surface area contributed by atoms with Crippen LogP contribution in [0.2, 0.25) is 0 Å². The normalized spacial score (nSPS) is 10.6. The Balaban J connectivity index is 2.36. The van der Waals surface area contributed by atoms with Gasteiger partial charge in [-0.15, -0.1) is 0 Å². The van der Waals surface area contributed by atoms with Crippen LogP contribution in [0.25, 0.3) is 6.08 Å². The first-order valence-corrected chi connectivity index (χ1v) is 6.14. The van der Waals surface area contributed by atoms with Crippen molar-refractivity contribution in [3.63, 3.8) is 0 Å². The van der Waals surface area contributed by atoms with Crippen molar-refractivity contribution in [3.05, 3.63) is 41.5 Å². The molecule has 0 aliphatic heterocycles. The van der Waals surface area contributed by atoms with Crippen LogP contribution in [0, 0.1) is 11.6 Å². The Hall–Kier alpha value is -2.24. The Morgan fingerprint density at radius 3 is 2.65 bits per heavy atom. The molecule has 0 saturated carbocycles. The van der Waals surface area contributed by atoms with Crippen LogP contribution >= 0.6 is 0 Å². The predicted octanol–water partition coefficient (Wildman–Crippen LogP) is 1.62. The molecule has 6 heteroatoms. The van der Waals surface area contributed by atoms with Crippen molar-refractivity contribution >= 4 is 17.9 Å². The standard InChI is InChI=1S/C14H16F2N2O2/c1-17-13(19)3-2-8-18-14(20)7-5-10-4-6-11(15)12(16)9-10/h4-7,9H,2-3,8H2,1H3,(H,17,19)(H,18,20)/b7-5+. The summed E-state index contributed by atoms with van der Waals surface area (Å²) in [6.45, 7) is 0.369. The molecule has 20 heavy (non-hydrogen) atoms. The van der Waals surface area contributed by atoms with Crippen LogP contribution in [0.3, 0.4) is 0 Å². The van der Waals surface area contributed by atoms with Crippen LogP contribution in [0.1, 0.15) is 18.4 Å². The van der Waals surface area contributed by atoms with Crippen LogP contribution in [-0.4, -0.2) is 25.4 Å². The lowest BCUT2D eigenvalue weighted by molar-refractivity contribution is -0.121. The van der Waals surface area contributed by atoms with Gasteiger partial charge in [0.25, 0.3) is 0 Å². The summed E-state index contributed by atoms with van der Waals surface area (Å²) in [6.07, 6.45) is 3.48. The Labute approximate surface area is 115 Å². The minimum Gasteiger partial charge on any atom is -0.359 e. The molecule has 0 atom stereocenters. The first-order chi connectivity index (χ1) is 9.52. The van der Waals surface area contributed by atoms with Crippen LogP contribution in [-0.2, 0) is 9.59 Å². The summed E-state index contributed by atoms with van der Waals surface area (Å²) in [5, 5.41) is 5.06. The number of rotatable bonds is 6. The van der Waals surface area contributed by atoms with Gasteiger partial charge in [-0.1, -0.05) is 6.07 Å². The molecule has 1 rings (SSSR count). The van der Waals surface area contributed by atoms with Crippen LogP contribution < -0.4 is 10.6 Å². The van der Waals surface area contributed by atoms with E-state index < -0.39 is 11.6 Å². The van der Waals surface area contributed by atoms with Gasteiger partial charge in [-0.3, -0.25) is 9.59 Å². The van der Waals surface area contributed by atoms with Gasteiger partial charge < -0.3 is 10.6 Å². The second-order valence-corrected chi connectivity index (χ2v) is 4.07. The van der Waals surface area contributed by atoms with E-state index in [1.165, 1.54) is 18.2 Å². The lowest BCUT2D eigenvalue weighted by Crippen LogP contribution is -2.24. The first kappa shape index (κ1) is 15.8. The van der Waals surface area contributed by atoms with Crippen molar-refractivity contribution in [1.82, 2.24) is 10.6 Å². The number of carbonyl (C=O) groups excluding carboxylic acids is 2. The fourth-order valence-corrected chi connectivity index (χ4v) is 1.43. The summed E-state index contributed by atoms with van der Waals surface area (Å²) in [7, 11) is 1.55. The smallest absolute Gasteiger partial charge is 0.243 e. The molecule has 0 bridgehead atoms. The second kappa shape index (κ2) is 8.04.